The van der Waals surface area contributed by atoms with Gasteiger partial charge in [-0.05, 0) is 31.2 Å². The van der Waals surface area contributed by atoms with E-state index in [1.807, 2.05) is 23.6 Å². The van der Waals surface area contributed by atoms with E-state index in [4.69, 9.17) is 0 Å². The summed E-state index contributed by atoms with van der Waals surface area (Å²) in [5, 5.41) is 22.2. The van der Waals surface area contributed by atoms with Gasteiger partial charge in [0, 0.05) is 36.3 Å². The van der Waals surface area contributed by atoms with Crippen LogP contribution in [-0.4, -0.2) is 36.3 Å². The highest BCUT2D eigenvalue weighted by molar-refractivity contribution is 7.99. The van der Waals surface area contributed by atoms with E-state index in [0.717, 1.165) is 17.7 Å². The second-order valence-corrected chi connectivity index (χ2v) is 6.49. The first-order chi connectivity index (χ1) is 13.5. The lowest BCUT2D eigenvalue weighted by molar-refractivity contribution is -0.387. The van der Waals surface area contributed by atoms with Gasteiger partial charge < -0.3 is 9.88 Å². The molecule has 0 atom stereocenters. The number of rotatable bonds is 7. The van der Waals surface area contributed by atoms with Gasteiger partial charge in [0.05, 0.1) is 10.7 Å². The summed E-state index contributed by atoms with van der Waals surface area (Å²) < 4.78 is 15.2. The van der Waals surface area contributed by atoms with Gasteiger partial charge in [-0.15, -0.1) is 10.2 Å². The van der Waals surface area contributed by atoms with Gasteiger partial charge in [-0.1, -0.05) is 11.8 Å². The molecule has 0 saturated heterocycles. The van der Waals surface area contributed by atoms with Crippen molar-refractivity contribution in [3.63, 3.8) is 0 Å². The van der Waals surface area contributed by atoms with E-state index in [9.17, 15) is 19.3 Å². The third-order valence-electron chi connectivity index (χ3n) is 3.73. The minimum atomic E-state index is -0.961. The number of hydrogen-bond acceptors (Lipinski definition) is 7. The van der Waals surface area contributed by atoms with Gasteiger partial charge in [0.2, 0.25) is 11.7 Å². The Bertz CT molecular complexity index is 1010. The number of carbonyl (C=O) groups excluding carboxylic acids is 1. The maximum Gasteiger partial charge on any atom is 0.306 e. The van der Waals surface area contributed by atoms with E-state index in [2.05, 4.69) is 20.5 Å². The van der Waals surface area contributed by atoms with Crippen LogP contribution in [0.3, 0.4) is 0 Å². The van der Waals surface area contributed by atoms with E-state index in [1.54, 1.807) is 12.4 Å². The molecule has 0 unspecified atom stereocenters. The highest BCUT2D eigenvalue weighted by atomic mass is 32.2. The van der Waals surface area contributed by atoms with Crippen molar-refractivity contribution in [2.75, 3.05) is 11.1 Å². The molecule has 0 aliphatic heterocycles. The number of nitro benzene ring substituents is 1. The molecule has 1 aromatic carbocycles. The van der Waals surface area contributed by atoms with Gasteiger partial charge in [0.25, 0.3) is 0 Å². The fraction of sp³-hybridized carbons (Fsp3) is 0.176. The molecule has 3 rings (SSSR count). The molecular weight excluding hydrogens is 387 g/mol. The molecule has 0 radical (unpaired) electrons. The molecule has 0 aliphatic rings. The molecule has 144 valence electrons. The lowest BCUT2D eigenvalue weighted by Crippen LogP contribution is -2.15. The number of nitrogens with one attached hydrogen (secondary N) is 1. The average Bonchev–Trinajstić information content (AvgIpc) is 3.11. The lowest BCUT2D eigenvalue weighted by Gasteiger charge is -2.08. The third-order valence-corrected chi connectivity index (χ3v) is 4.70. The number of pyridine rings is 1. The van der Waals surface area contributed by atoms with Crippen LogP contribution in [0.15, 0.2) is 47.9 Å². The Balaban J connectivity index is 1.68. The lowest BCUT2D eigenvalue weighted by atomic mass is 10.2. The van der Waals surface area contributed by atoms with Gasteiger partial charge in [0.15, 0.2) is 11.0 Å². The number of thioether (sulfide) groups is 1. The Morgan fingerprint density at radius 1 is 1.29 bits per heavy atom. The van der Waals surface area contributed by atoms with Crippen molar-refractivity contribution in [1.29, 1.82) is 0 Å². The largest absolute Gasteiger partial charge is 0.325 e. The Morgan fingerprint density at radius 3 is 2.71 bits per heavy atom. The highest BCUT2D eigenvalue weighted by Gasteiger charge is 2.17. The van der Waals surface area contributed by atoms with Crippen LogP contribution in [0, 0.1) is 15.9 Å². The summed E-state index contributed by atoms with van der Waals surface area (Å²) in [5.41, 5.74) is 0.311. The number of hydrogen-bond donors (Lipinski definition) is 1. The van der Waals surface area contributed by atoms with Gasteiger partial charge in [0.1, 0.15) is 0 Å². The Labute approximate surface area is 163 Å². The quantitative estimate of drug-likeness (QED) is 0.367. The predicted octanol–water partition coefficient (Wildman–Crippen LogP) is 3.14. The molecule has 0 aliphatic carbocycles. The molecule has 0 fully saturated rings. The fourth-order valence-electron chi connectivity index (χ4n) is 2.45. The molecule has 0 saturated carbocycles. The first-order valence-corrected chi connectivity index (χ1v) is 9.18. The summed E-state index contributed by atoms with van der Waals surface area (Å²) in [7, 11) is 0. The molecule has 2 heterocycles. The van der Waals surface area contributed by atoms with Crippen LogP contribution < -0.4 is 5.32 Å². The fourth-order valence-corrected chi connectivity index (χ4v) is 3.25. The van der Waals surface area contributed by atoms with Crippen LogP contribution in [0.5, 0.6) is 0 Å². The summed E-state index contributed by atoms with van der Waals surface area (Å²) in [5.74, 6) is -0.680. The zero-order valence-corrected chi connectivity index (χ0v) is 15.5. The number of nitro groups is 1. The number of nitrogens with zero attached hydrogens (tertiary/aromatic N) is 5. The summed E-state index contributed by atoms with van der Waals surface area (Å²) in [6, 6.07) is 6.82. The Morgan fingerprint density at radius 2 is 2.04 bits per heavy atom. The zero-order valence-electron chi connectivity index (χ0n) is 14.7. The Kier molecular flexibility index (Phi) is 5.94. The minimum Gasteiger partial charge on any atom is -0.325 e. The number of halogens is 1. The van der Waals surface area contributed by atoms with E-state index < -0.39 is 22.3 Å². The van der Waals surface area contributed by atoms with Gasteiger partial charge >= 0.3 is 5.69 Å². The Hall–Kier alpha value is -3.34. The molecule has 11 heteroatoms. The smallest absolute Gasteiger partial charge is 0.306 e. The van der Waals surface area contributed by atoms with Crippen LogP contribution >= 0.6 is 11.8 Å². The van der Waals surface area contributed by atoms with Crippen molar-refractivity contribution in [2.45, 2.75) is 18.6 Å². The summed E-state index contributed by atoms with van der Waals surface area (Å²) in [4.78, 5) is 26.1. The first-order valence-electron chi connectivity index (χ1n) is 8.19. The van der Waals surface area contributed by atoms with E-state index in [0.29, 0.717) is 17.5 Å². The number of benzene rings is 1. The topological polar surface area (TPSA) is 116 Å². The van der Waals surface area contributed by atoms with Crippen LogP contribution in [0.1, 0.15) is 6.92 Å². The molecule has 2 aromatic heterocycles. The summed E-state index contributed by atoms with van der Waals surface area (Å²) in [6.07, 6.45) is 3.32. The van der Waals surface area contributed by atoms with Crippen molar-refractivity contribution < 1.29 is 14.1 Å². The maximum absolute atomic E-state index is 13.4. The standard InChI is InChI=1S/C17H15FN6O3S/c1-2-23-16(11-5-7-19-8-6-11)21-22-17(23)28-10-15(25)20-12-3-4-13(18)14(9-12)24(26)27/h3-9H,2,10H2,1H3,(H,20,25). The van der Waals surface area contributed by atoms with Crippen LogP contribution in [-0.2, 0) is 11.3 Å². The normalized spacial score (nSPS) is 10.6. The molecule has 0 spiro atoms. The maximum atomic E-state index is 13.4. The van der Waals surface area contributed by atoms with E-state index in [-0.39, 0.29) is 11.4 Å². The number of aromatic nitrogens is 4. The molecule has 0 bridgehead atoms. The number of anilines is 1. The van der Waals surface area contributed by atoms with Crippen molar-refractivity contribution in [1.82, 2.24) is 19.7 Å². The number of amides is 1. The van der Waals surface area contributed by atoms with Gasteiger partial charge in [-0.3, -0.25) is 19.9 Å². The molecule has 1 amide bonds. The monoisotopic (exact) mass is 402 g/mol. The van der Waals surface area contributed by atoms with E-state index >= 15 is 0 Å². The third kappa shape index (κ3) is 4.31. The van der Waals surface area contributed by atoms with Gasteiger partial charge in [-0.25, -0.2) is 0 Å². The molecule has 9 nitrogen and oxygen atoms in total. The number of carbonyl (C=O) groups is 1. The van der Waals surface area contributed by atoms with Gasteiger partial charge in [-0.2, -0.15) is 4.39 Å². The zero-order chi connectivity index (χ0) is 20.1. The molecule has 1 N–H and O–H groups in total. The minimum absolute atomic E-state index is 0.0135. The SMILES string of the molecule is CCn1c(SCC(=O)Nc2ccc(F)c([N+](=O)[O-])c2)nnc1-c1ccncc1. The molecule has 28 heavy (non-hydrogen) atoms. The van der Waals surface area contributed by atoms with Crippen molar-refractivity contribution in [2.24, 2.45) is 0 Å². The van der Waals surface area contributed by atoms with Crippen LogP contribution in [0.4, 0.5) is 15.8 Å². The van der Waals surface area contributed by atoms with Crippen molar-refractivity contribution in [3.05, 3.63) is 58.7 Å². The second kappa shape index (κ2) is 8.57. The van der Waals surface area contributed by atoms with Crippen LogP contribution in [0.2, 0.25) is 0 Å². The average molecular weight is 402 g/mol. The first kappa shape index (κ1) is 19.4. The predicted molar refractivity (Wildman–Crippen MR) is 101 cm³/mol. The molecular formula is C17H15FN6O3S. The summed E-state index contributed by atoms with van der Waals surface area (Å²) >= 11 is 1.18. The second-order valence-electron chi connectivity index (χ2n) is 5.55. The highest BCUT2D eigenvalue weighted by Crippen LogP contribution is 2.25. The van der Waals surface area contributed by atoms with E-state index in [1.165, 1.54) is 17.8 Å². The van der Waals surface area contributed by atoms with Crippen molar-refractivity contribution >= 4 is 29.0 Å². The van der Waals surface area contributed by atoms with Crippen molar-refractivity contribution in [3.8, 4) is 11.4 Å². The van der Waals surface area contributed by atoms with Crippen LogP contribution in [0.25, 0.3) is 11.4 Å². The summed E-state index contributed by atoms with van der Waals surface area (Å²) in [6.45, 7) is 2.55. The molecule has 3 aromatic rings.